The molecule has 148 valence electrons. The van der Waals surface area contributed by atoms with Crippen LogP contribution in [0.4, 0.5) is 18.9 Å². The third-order valence-corrected chi connectivity index (χ3v) is 5.67. The van der Waals surface area contributed by atoms with Crippen molar-refractivity contribution < 1.29 is 31.5 Å². The number of rotatable bonds is 7. The zero-order valence-electron chi connectivity index (χ0n) is 14.4. The van der Waals surface area contributed by atoms with Gasteiger partial charge in [0.1, 0.15) is 0 Å². The van der Waals surface area contributed by atoms with E-state index >= 15 is 0 Å². The van der Waals surface area contributed by atoms with Gasteiger partial charge in [-0.1, -0.05) is 11.6 Å². The second-order valence-corrected chi connectivity index (χ2v) is 8.66. The monoisotopic (exact) mass is 416 g/mol. The molecule has 0 heterocycles. The van der Waals surface area contributed by atoms with Gasteiger partial charge in [-0.2, -0.15) is 13.2 Å². The van der Waals surface area contributed by atoms with E-state index < -0.39 is 27.5 Å². The van der Waals surface area contributed by atoms with Crippen LogP contribution in [0.25, 0.3) is 0 Å². The number of nitrogens with zero attached hydrogens (tertiary/aromatic N) is 1. The molecule has 0 saturated heterocycles. The van der Waals surface area contributed by atoms with E-state index in [0.29, 0.717) is 19.9 Å². The molecule has 1 rings (SSSR count). The smallest absolute Gasteiger partial charge is 0.373 e. The maximum Gasteiger partial charge on any atom is 0.426 e. The van der Waals surface area contributed by atoms with Gasteiger partial charge < -0.3 is 15.3 Å². The van der Waals surface area contributed by atoms with Gasteiger partial charge in [0.25, 0.3) is 5.91 Å². The third kappa shape index (κ3) is 5.57. The lowest BCUT2D eigenvalue weighted by molar-refractivity contribution is -0.242. The number of carbonyl (C=O) groups is 1. The summed E-state index contributed by atoms with van der Waals surface area (Å²) in [6, 6.07) is 3.25. The van der Waals surface area contributed by atoms with Gasteiger partial charge in [0.05, 0.1) is 21.4 Å². The predicted octanol–water partition coefficient (Wildman–Crippen LogP) is 2.32. The molecule has 0 bridgehead atoms. The van der Waals surface area contributed by atoms with Crippen LogP contribution < -0.4 is 5.32 Å². The standard InChI is InChI=1S/C15H20ClF3N2O4S/c1-14(23,15(17,18)19)13(22)20-12-6-5-10(9-11(12)16)26(24,25)8-4-7-21(2)3/h5-6,9,23H,4,7-8H2,1-3H3,(H,20,22)/t14-/m1/s1. The first-order chi connectivity index (χ1) is 11.7. The van der Waals surface area contributed by atoms with Crippen molar-refractivity contribution in [2.45, 2.75) is 30.0 Å². The quantitative estimate of drug-likeness (QED) is 0.712. The highest BCUT2D eigenvalue weighted by Gasteiger charge is 2.55. The van der Waals surface area contributed by atoms with Crippen LogP contribution in [0.5, 0.6) is 0 Å². The van der Waals surface area contributed by atoms with Crippen LogP contribution >= 0.6 is 11.6 Å². The first-order valence-electron chi connectivity index (χ1n) is 7.46. The molecular formula is C15H20ClF3N2O4S. The van der Waals surface area contributed by atoms with E-state index in [9.17, 15) is 31.5 Å². The van der Waals surface area contributed by atoms with Gasteiger partial charge in [0.2, 0.25) is 5.60 Å². The van der Waals surface area contributed by atoms with Crippen LogP contribution in [0.15, 0.2) is 23.1 Å². The molecule has 0 spiro atoms. The van der Waals surface area contributed by atoms with Crippen molar-refractivity contribution in [3.63, 3.8) is 0 Å². The number of anilines is 1. The Balaban J connectivity index is 2.96. The highest BCUT2D eigenvalue weighted by atomic mass is 35.5. The largest absolute Gasteiger partial charge is 0.426 e. The Morgan fingerprint density at radius 1 is 1.31 bits per heavy atom. The molecule has 1 aromatic carbocycles. The first kappa shape index (κ1) is 22.7. The van der Waals surface area contributed by atoms with Crippen LogP contribution in [0.3, 0.4) is 0 Å². The minimum atomic E-state index is -5.18. The third-order valence-electron chi connectivity index (χ3n) is 3.56. The van der Waals surface area contributed by atoms with Gasteiger partial charge >= 0.3 is 6.18 Å². The Morgan fingerprint density at radius 3 is 2.35 bits per heavy atom. The van der Waals surface area contributed by atoms with Crippen molar-refractivity contribution in [2.24, 2.45) is 0 Å². The van der Waals surface area contributed by atoms with Gasteiger partial charge in [0, 0.05) is 0 Å². The summed E-state index contributed by atoms with van der Waals surface area (Å²) in [5.41, 5.74) is -3.86. The van der Waals surface area contributed by atoms with Gasteiger partial charge in [-0.3, -0.25) is 4.79 Å². The molecule has 11 heteroatoms. The Hall–Kier alpha value is -1.36. The number of hydrogen-bond acceptors (Lipinski definition) is 5. The van der Waals surface area contributed by atoms with E-state index in [0.717, 1.165) is 18.2 Å². The number of benzene rings is 1. The Bertz CT molecular complexity index is 765. The Labute approximate surface area is 154 Å². The molecule has 26 heavy (non-hydrogen) atoms. The average Bonchev–Trinajstić information content (AvgIpc) is 2.47. The van der Waals surface area contributed by atoms with Crippen LogP contribution in [-0.2, 0) is 14.6 Å². The maximum absolute atomic E-state index is 12.7. The highest BCUT2D eigenvalue weighted by Crippen LogP contribution is 2.32. The number of carbonyl (C=O) groups excluding carboxylic acids is 1. The van der Waals surface area contributed by atoms with Crippen LogP contribution in [0.2, 0.25) is 5.02 Å². The molecule has 2 N–H and O–H groups in total. The molecule has 6 nitrogen and oxygen atoms in total. The number of hydrogen-bond donors (Lipinski definition) is 2. The van der Waals surface area contributed by atoms with Crippen LogP contribution in [-0.4, -0.2) is 62.5 Å². The lowest BCUT2D eigenvalue weighted by atomic mass is 10.1. The van der Waals surface area contributed by atoms with Crippen LogP contribution in [0.1, 0.15) is 13.3 Å². The van der Waals surface area contributed by atoms with Crippen molar-refractivity contribution in [3.8, 4) is 0 Å². The number of alkyl halides is 3. The predicted molar refractivity (Wildman–Crippen MR) is 92.0 cm³/mol. The molecule has 0 aliphatic rings. The summed E-state index contributed by atoms with van der Waals surface area (Å²) < 4.78 is 62.4. The molecule has 1 aromatic rings. The molecule has 0 unspecified atom stereocenters. The fraction of sp³-hybridized carbons (Fsp3) is 0.533. The lowest BCUT2D eigenvalue weighted by Gasteiger charge is -2.25. The van der Waals surface area contributed by atoms with E-state index in [1.54, 1.807) is 14.1 Å². The van der Waals surface area contributed by atoms with E-state index in [1.807, 2.05) is 10.2 Å². The number of aliphatic hydroxyl groups is 1. The van der Waals surface area contributed by atoms with Crippen molar-refractivity contribution >= 4 is 33.0 Å². The fourth-order valence-corrected chi connectivity index (χ4v) is 3.46. The number of amides is 1. The molecule has 0 radical (unpaired) electrons. The molecule has 0 fully saturated rings. The van der Waals surface area contributed by atoms with Gasteiger partial charge in [-0.15, -0.1) is 0 Å². The van der Waals surface area contributed by atoms with Crippen molar-refractivity contribution in [1.82, 2.24) is 4.90 Å². The Morgan fingerprint density at radius 2 is 1.88 bits per heavy atom. The zero-order chi connectivity index (χ0) is 20.3. The van der Waals surface area contributed by atoms with E-state index in [2.05, 4.69) is 0 Å². The van der Waals surface area contributed by atoms with Crippen LogP contribution in [0, 0.1) is 0 Å². The van der Waals surface area contributed by atoms with E-state index in [1.165, 1.54) is 0 Å². The molecule has 0 saturated carbocycles. The Kier molecular flexibility index (Phi) is 7.08. The number of nitrogens with one attached hydrogen (secondary N) is 1. The maximum atomic E-state index is 12.7. The molecule has 0 aliphatic carbocycles. The SMILES string of the molecule is CN(C)CCCS(=O)(=O)c1ccc(NC(=O)[C@@](C)(O)C(F)(F)F)c(Cl)c1. The molecule has 0 aromatic heterocycles. The number of sulfone groups is 1. The summed E-state index contributed by atoms with van der Waals surface area (Å²) in [6.07, 6.45) is -4.79. The summed E-state index contributed by atoms with van der Waals surface area (Å²) >= 11 is 5.88. The second kappa shape index (κ2) is 8.12. The second-order valence-electron chi connectivity index (χ2n) is 6.14. The fourth-order valence-electron chi connectivity index (χ4n) is 1.85. The van der Waals surface area contributed by atoms with E-state index in [4.69, 9.17) is 11.6 Å². The molecular weight excluding hydrogens is 397 g/mol. The average molecular weight is 417 g/mol. The van der Waals surface area contributed by atoms with Crippen molar-refractivity contribution in [1.29, 1.82) is 0 Å². The summed E-state index contributed by atoms with van der Waals surface area (Å²) in [5, 5.41) is 10.9. The first-order valence-corrected chi connectivity index (χ1v) is 9.49. The van der Waals surface area contributed by atoms with Crippen molar-refractivity contribution in [2.75, 3.05) is 31.7 Å². The number of halogens is 4. The summed E-state index contributed by atoms with van der Waals surface area (Å²) in [4.78, 5) is 13.4. The normalized spacial score (nSPS) is 15.0. The minimum absolute atomic E-state index is 0.109. The van der Waals surface area contributed by atoms with Gasteiger partial charge in [-0.05, 0) is 52.2 Å². The zero-order valence-corrected chi connectivity index (χ0v) is 16.0. The topological polar surface area (TPSA) is 86.7 Å². The minimum Gasteiger partial charge on any atom is -0.373 e. The van der Waals surface area contributed by atoms with Gasteiger partial charge in [0.15, 0.2) is 9.84 Å². The van der Waals surface area contributed by atoms with Gasteiger partial charge in [-0.25, -0.2) is 8.42 Å². The molecule has 1 atom stereocenters. The summed E-state index contributed by atoms with van der Waals surface area (Å²) in [7, 11) is -0.0237. The summed E-state index contributed by atoms with van der Waals surface area (Å²) in [6.45, 7) is 0.868. The highest BCUT2D eigenvalue weighted by molar-refractivity contribution is 7.91. The lowest BCUT2D eigenvalue weighted by Crippen LogP contribution is -2.52. The summed E-state index contributed by atoms with van der Waals surface area (Å²) in [5.74, 6) is -1.86. The molecule has 1 amide bonds. The molecule has 0 aliphatic heterocycles. The van der Waals surface area contributed by atoms with E-state index in [-0.39, 0.29) is 21.4 Å². The van der Waals surface area contributed by atoms with Crippen molar-refractivity contribution in [3.05, 3.63) is 23.2 Å².